The van der Waals surface area contributed by atoms with Crippen LogP contribution in [-0.2, 0) is 0 Å². The number of hydrogen-bond acceptors (Lipinski definition) is 3. The molecule has 0 bridgehead atoms. The highest BCUT2D eigenvalue weighted by atomic mass is 16.6. The van der Waals surface area contributed by atoms with Crippen molar-refractivity contribution < 1.29 is 9.66 Å². The van der Waals surface area contributed by atoms with E-state index in [-0.39, 0.29) is 5.69 Å². The molecule has 0 radical (unpaired) electrons. The van der Waals surface area contributed by atoms with E-state index in [0.717, 1.165) is 0 Å². The van der Waals surface area contributed by atoms with Crippen molar-refractivity contribution in [2.24, 2.45) is 0 Å². The van der Waals surface area contributed by atoms with Crippen LogP contribution in [0.25, 0.3) is 0 Å². The lowest BCUT2D eigenvalue weighted by molar-refractivity contribution is -0.384. The van der Waals surface area contributed by atoms with Crippen LogP contribution in [0.1, 0.15) is 0 Å². The van der Waals surface area contributed by atoms with Crippen molar-refractivity contribution in [3.8, 4) is 5.75 Å². The summed E-state index contributed by atoms with van der Waals surface area (Å²) < 4.78 is 4.86. The lowest BCUT2D eigenvalue weighted by Crippen LogP contribution is -1.88. The fourth-order valence-corrected chi connectivity index (χ4v) is 0.767. The first-order valence-electron chi connectivity index (χ1n) is 3.26. The molecular weight excluding hydrogens is 158 g/mol. The molecule has 0 fully saturated rings. The normalized spacial score (nSPS) is 9.00. The van der Waals surface area contributed by atoms with Gasteiger partial charge in [-0.2, -0.15) is 0 Å². The summed E-state index contributed by atoms with van der Waals surface area (Å²) in [6, 6.07) is 5.91. The predicted octanol–water partition coefficient (Wildman–Crippen LogP) is 2.12. The quantitative estimate of drug-likeness (QED) is 0.391. The highest BCUT2D eigenvalue weighted by Crippen LogP contribution is 2.18. The van der Waals surface area contributed by atoms with Crippen molar-refractivity contribution in [1.29, 1.82) is 0 Å². The lowest BCUT2D eigenvalue weighted by atomic mass is 10.3. The van der Waals surface area contributed by atoms with Gasteiger partial charge in [-0.25, -0.2) is 0 Å². The summed E-state index contributed by atoms with van der Waals surface area (Å²) in [5.74, 6) is 0.416. The minimum absolute atomic E-state index is 0.00866. The van der Waals surface area contributed by atoms with Crippen molar-refractivity contribution in [3.05, 3.63) is 47.2 Å². The molecule has 62 valence electrons. The van der Waals surface area contributed by atoms with E-state index in [1.807, 2.05) is 0 Å². The number of rotatable bonds is 3. The molecule has 0 N–H and O–H groups in total. The fraction of sp³-hybridized carbons (Fsp3) is 0. The van der Waals surface area contributed by atoms with Crippen molar-refractivity contribution in [2.45, 2.75) is 0 Å². The molecule has 12 heavy (non-hydrogen) atoms. The van der Waals surface area contributed by atoms with Crippen molar-refractivity contribution in [2.75, 3.05) is 0 Å². The zero-order valence-electron chi connectivity index (χ0n) is 6.27. The van der Waals surface area contributed by atoms with Gasteiger partial charge in [-0.3, -0.25) is 10.1 Å². The van der Waals surface area contributed by atoms with Crippen LogP contribution in [0.5, 0.6) is 5.75 Å². The van der Waals surface area contributed by atoms with Gasteiger partial charge < -0.3 is 4.74 Å². The lowest BCUT2D eigenvalue weighted by Gasteiger charge is -1.97. The number of hydrogen-bond donors (Lipinski definition) is 0. The van der Waals surface area contributed by atoms with E-state index < -0.39 is 4.92 Å². The molecule has 1 rings (SSSR count). The summed E-state index contributed by atoms with van der Waals surface area (Å²) >= 11 is 0. The topological polar surface area (TPSA) is 52.4 Å². The van der Waals surface area contributed by atoms with Crippen LogP contribution < -0.4 is 4.74 Å². The Morgan fingerprint density at radius 2 is 2.33 bits per heavy atom. The minimum atomic E-state index is -0.476. The molecule has 0 saturated carbocycles. The third kappa shape index (κ3) is 1.82. The van der Waals surface area contributed by atoms with Crippen LogP contribution in [-0.4, -0.2) is 4.92 Å². The van der Waals surface area contributed by atoms with E-state index in [2.05, 4.69) is 6.58 Å². The van der Waals surface area contributed by atoms with Crippen LogP contribution in [0.3, 0.4) is 0 Å². The Morgan fingerprint density at radius 3 is 2.92 bits per heavy atom. The van der Waals surface area contributed by atoms with Gasteiger partial charge in [0.2, 0.25) is 0 Å². The number of benzene rings is 1. The summed E-state index contributed by atoms with van der Waals surface area (Å²) in [6.45, 7) is 3.34. The van der Waals surface area contributed by atoms with Crippen LogP contribution in [0, 0.1) is 10.1 Å². The van der Waals surface area contributed by atoms with Gasteiger partial charge in [-0.05, 0) is 6.07 Å². The molecule has 0 unspecified atom stereocenters. The Kier molecular flexibility index (Phi) is 2.42. The van der Waals surface area contributed by atoms with Crippen molar-refractivity contribution in [3.63, 3.8) is 0 Å². The average molecular weight is 165 g/mol. The van der Waals surface area contributed by atoms with Gasteiger partial charge in [-0.1, -0.05) is 12.6 Å². The van der Waals surface area contributed by atoms with Crippen LogP contribution in [0.15, 0.2) is 37.1 Å². The highest BCUT2D eigenvalue weighted by molar-refractivity contribution is 5.38. The molecule has 0 aromatic heterocycles. The van der Waals surface area contributed by atoms with E-state index in [0.29, 0.717) is 5.75 Å². The third-order valence-electron chi connectivity index (χ3n) is 1.25. The summed E-state index contributed by atoms with van der Waals surface area (Å²) in [5, 5.41) is 10.3. The van der Waals surface area contributed by atoms with Crippen molar-refractivity contribution in [1.82, 2.24) is 0 Å². The molecule has 0 atom stereocenters. The number of ether oxygens (including phenoxy) is 1. The van der Waals surface area contributed by atoms with E-state index in [4.69, 9.17) is 4.74 Å². The molecule has 0 aliphatic heterocycles. The molecule has 0 amide bonds. The summed E-state index contributed by atoms with van der Waals surface area (Å²) in [6.07, 6.45) is 1.22. The third-order valence-corrected chi connectivity index (χ3v) is 1.25. The molecule has 0 heterocycles. The standard InChI is InChI=1S/C8H7NO3/c1-2-12-8-5-3-4-7(6-8)9(10)11/h2-6H,1H2. The minimum Gasteiger partial charge on any atom is -0.465 e. The second-order valence-electron chi connectivity index (χ2n) is 2.04. The molecule has 0 aliphatic rings. The first-order chi connectivity index (χ1) is 5.74. The maximum absolute atomic E-state index is 10.3. The fourth-order valence-electron chi connectivity index (χ4n) is 0.767. The van der Waals surface area contributed by atoms with E-state index in [9.17, 15) is 10.1 Å². The average Bonchev–Trinajstić information content (AvgIpc) is 2.05. The van der Waals surface area contributed by atoms with Gasteiger partial charge in [0, 0.05) is 6.07 Å². The summed E-state index contributed by atoms with van der Waals surface area (Å²) in [4.78, 5) is 9.81. The van der Waals surface area contributed by atoms with Gasteiger partial charge in [0.1, 0.15) is 5.75 Å². The molecule has 4 nitrogen and oxygen atoms in total. The van der Waals surface area contributed by atoms with Crippen LogP contribution in [0.2, 0.25) is 0 Å². The molecular formula is C8H7NO3. The van der Waals surface area contributed by atoms with Gasteiger partial charge in [0.15, 0.2) is 0 Å². The molecule has 0 spiro atoms. The largest absolute Gasteiger partial charge is 0.465 e. The zero-order valence-corrected chi connectivity index (χ0v) is 6.27. The zero-order chi connectivity index (χ0) is 8.97. The predicted molar refractivity (Wildman–Crippen MR) is 43.9 cm³/mol. The second kappa shape index (κ2) is 3.52. The summed E-state index contributed by atoms with van der Waals surface area (Å²) in [5.41, 5.74) is 0.00866. The smallest absolute Gasteiger partial charge is 0.273 e. The summed E-state index contributed by atoms with van der Waals surface area (Å²) in [7, 11) is 0. The van der Waals surface area contributed by atoms with E-state index in [1.165, 1.54) is 18.4 Å². The first kappa shape index (κ1) is 8.26. The Hall–Kier alpha value is -1.84. The van der Waals surface area contributed by atoms with Gasteiger partial charge in [0.25, 0.3) is 5.69 Å². The van der Waals surface area contributed by atoms with Gasteiger partial charge in [-0.15, -0.1) is 0 Å². The molecule has 4 heteroatoms. The van der Waals surface area contributed by atoms with Gasteiger partial charge in [0.05, 0.1) is 17.3 Å². The van der Waals surface area contributed by atoms with Crippen molar-refractivity contribution >= 4 is 5.69 Å². The van der Waals surface area contributed by atoms with Crippen LogP contribution >= 0.6 is 0 Å². The second-order valence-corrected chi connectivity index (χ2v) is 2.04. The maximum Gasteiger partial charge on any atom is 0.273 e. The highest BCUT2D eigenvalue weighted by Gasteiger charge is 2.04. The van der Waals surface area contributed by atoms with Gasteiger partial charge >= 0.3 is 0 Å². The Morgan fingerprint density at radius 1 is 1.58 bits per heavy atom. The Balaban J connectivity index is 2.95. The molecule has 0 saturated heterocycles. The SMILES string of the molecule is C=COc1cccc([N+](=O)[O-])c1. The molecule has 1 aromatic carbocycles. The first-order valence-corrected chi connectivity index (χ1v) is 3.26. The number of nitro groups is 1. The number of nitrogens with zero attached hydrogens (tertiary/aromatic N) is 1. The number of non-ortho nitro benzene ring substituents is 1. The molecule has 0 aliphatic carbocycles. The Bertz CT molecular complexity index is 309. The van der Waals surface area contributed by atoms with E-state index in [1.54, 1.807) is 12.1 Å². The Labute approximate surface area is 69.2 Å². The van der Waals surface area contributed by atoms with E-state index >= 15 is 0 Å². The van der Waals surface area contributed by atoms with Crippen LogP contribution in [0.4, 0.5) is 5.69 Å². The number of nitro benzene ring substituents is 1. The molecule has 1 aromatic rings. The maximum atomic E-state index is 10.3. The monoisotopic (exact) mass is 165 g/mol.